The highest BCUT2D eigenvalue weighted by molar-refractivity contribution is 7.99. The largest absolute Gasteiger partial charge is 0.324 e. The Balaban J connectivity index is 2.81. The van der Waals surface area contributed by atoms with E-state index in [0.29, 0.717) is 35.2 Å². The van der Waals surface area contributed by atoms with Gasteiger partial charge in [0, 0.05) is 4.90 Å². The van der Waals surface area contributed by atoms with Crippen molar-refractivity contribution in [2.45, 2.75) is 30.4 Å². The quantitative estimate of drug-likeness (QED) is 0.806. The number of hydrogen-bond acceptors (Lipinski definition) is 3. The number of nitrogens with one attached hydrogen (secondary N) is 1. The molecule has 1 atom stereocenters. The molecule has 0 heterocycles. The Kier molecular flexibility index (Phi) is 6.30. The average molecular weight is 284 g/mol. The Morgan fingerprint density at radius 1 is 1.47 bits per heavy atom. The first kappa shape index (κ1) is 15.4. The first-order chi connectivity index (χ1) is 9.08. The van der Waals surface area contributed by atoms with E-state index >= 15 is 0 Å². The lowest BCUT2D eigenvalue weighted by Crippen LogP contribution is -2.21. The molecule has 1 amide bonds. The van der Waals surface area contributed by atoms with Crippen LogP contribution in [0.15, 0.2) is 29.2 Å². The summed E-state index contributed by atoms with van der Waals surface area (Å²) in [6.07, 6.45) is 1.16. The molecule has 1 N–H and O–H groups in total. The van der Waals surface area contributed by atoms with Crippen molar-refractivity contribution in [1.29, 1.82) is 5.26 Å². The summed E-state index contributed by atoms with van der Waals surface area (Å²) in [7, 11) is 0. The van der Waals surface area contributed by atoms with Crippen molar-refractivity contribution in [3.63, 3.8) is 0 Å². The molecule has 102 valence electrons. The Morgan fingerprint density at radius 2 is 2.16 bits per heavy atom. The van der Waals surface area contributed by atoms with Gasteiger partial charge in [-0.1, -0.05) is 37.2 Å². The molecule has 19 heavy (non-hydrogen) atoms. The van der Waals surface area contributed by atoms with Gasteiger partial charge in [0.2, 0.25) is 5.91 Å². The number of carbonyl (C=O) groups is 1. The topological polar surface area (TPSA) is 52.9 Å². The van der Waals surface area contributed by atoms with Gasteiger partial charge in [-0.05, 0) is 18.6 Å². The third kappa shape index (κ3) is 4.87. The SMILES string of the molecule is CCCC(C#N)C(=O)Nc1ccccc1SC(F)F. The second kappa shape index (κ2) is 7.74. The first-order valence-corrected chi connectivity index (χ1v) is 6.70. The normalized spacial score (nSPS) is 11.9. The molecule has 0 saturated heterocycles. The fourth-order valence-corrected chi connectivity index (χ4v) is 2.13. The van der Waals surface area contributed by atoms with Crippen LogP contribution < -0.4 is 5.32 Å². The smallest absolute Gasteiger partial charge is 0.288 e. The lowest BCUT2D eigenvalue weighted by molar-refractivity contribution is -0.118. The number of thioether (sulfide) groups is 1. The van der Waals surface area contributed by atoms with Gasteiger partial charge < -0.3 is 5.32 Å². The average Bonchev–Trinajstić information content (AvgIpc) is 2.37. The molecule has 0 aliphatic carbocycles. The molecule has 1 aromatic rings. The number of amides is 1. The number of nitriles is 1. The molecule has 1 unspecified atom stereocenters. The van der Waals surface area contributed by atoms with E-state index in [1.807, 2.05) is 13.0 Å². The van der Waals surface area contributed by atoms with E-state index in [4.69, 9.17) is 5.26 Å². The highest BCUT2D eigenvalue weighted by atomic mass is 32.2. The van der Waals surface area contributed by atoms with Crippen LogP contribution in [0.3, 0.4) is 0 Å². The summed E-state index contributed by atoms with van der Waals surface area (Å²) in [5.41, 5.74) is 0.314. The van der Waals surface area contributed by atoms with Crippen molar-refractivity contribution in [3.8, 4) is 6.07 Å². The van der Waals surface area contributed by atoms with Crippen LogP contribution in [0.25, 0.3) is 0 Å². The number of para-hydroxylation sites is 1. The summed E-state index contributed by atoms with van der Waals surface area (Å²) in [6, 6.07) is 8.23. The first-order valence-electron chi connectivity index (χ1n) is 5.82. The van der Waals surface area contributed by atoms with Gasteiger partial charge in [-0.15, -0.1) is 0 Å². The number of nitrogens with zero attached hydrogens (tertiary/aromatic N) is 1. The van der Waals surface area contributed by atoms with Gasteiger partial charge in [0.25, 0.3) is 5.76 Å². The number of benzene rings is 1. The van der Waals surface area contributed by atoms with Crippen LogP contribution in [-0.4, -0.2) is 11.7 Å². The lowest BCUT2D eigenvalue weighted by atomic mass is 10.0. The predicted octanol–water partition coefficient (Wildman–Crippen LogP) is 3.88. The second-order valence-corrected chi connectivity index (χ2v) is 4.87. The molecule has 1 aromatic carbocycles. The Morgan fingerprint density at radius 3 is 2.74 bits per heavy atom. The summed E-state index contributed by atoms with van der Waals surface area (Å²) in [6.45, 7) is 1.87. The minimum absolute atomic E-state index is 0.291. The number of halogens is 2. The molecule has 3 nitrogen and oxygen atoms in total. The van der Waals surface area contributed by atoms with E-state index in [1.54, 1.807) is 18.2 Å². The molecule has 6 heteroatoms. The van der Waals surface area contributed by atoms with Gasteiger partial charge in [0.05, 0.1) is 11.8 Å². The summed E-state index contributed by atoms with van der Waals surface area (Å²) in [5, 5.41) is 11.4. The third-order valence-electron chi connectivity index (χ3n) is 2.41. The number of carbonyl (C=O) groups excluding carboxylic acids is 1. The zero-order valence-corrected chi connectivity index (χ0v) is 11.2. The lowest BCUT2D eigenvalue weighted by Gasteiger charge is -2.12. The number of anilines is 1. The van der Waals surface area contributed by atoms with Crippen molar-refractivity contribution in [2.24, 2.45) is 5.92 Å². The van der Waals surface area contributed by atoms with Gasteiger partial charge in [-0.25, -0.2) is 0 Å². The van der Waals surface area contributed by atoms with Crippen LogP contribution in [0.4, 0.5) is 14.5 Å². The van der Waals surface area contributed by atoms with Crippen molar-refractivity contribution in [1.82, 2.24) is 0 Å². The number of alkyl halides is 2. The highest BCUT2D eigenvalue weighted by Crippen LogP contribution is 2.31. The maximum atomic E-state index is 12.4. The van der Waals surface area contributed by atoms with Crippen LogP contribution in [0.2, 0.25) is 0 Å². The predicted molar refractivity (Wildman–Crippen MR) is 70.9 cm³/mol. The van der Waals surface area contributed by atoms with Gasteiger partial charge in [-0.2, -0.15) is 14.0 Å². The fourth-order valence-electron chi connectivity index (χ4n) is 1.53. The molecule has 0 aliphatic heterocycles. The Bertz CT molecular complexity index is 474. The van der Waals surface area contributed by atoms with Crippen LogP contribution in [0.5, 0.6) is 0 Å². The van der Waals surface area contributed by atoms with Crippen LogP contribution in [0.1, 0.15) is 19.8 Å². The third-order valence-corrected chi connectivity index (χ3v) is 3.20. The van der Waals surface area contributed by atoms with E-state index in [9.17, 15) is 13.6 Å². The van der Waals surface area contributed by atoms with Crippen molar-refractivity contribution in [3.05, 3.63) is 24.3 Å². The second-order valence-electron chi connectivity index (χ2n) is 3.83. The molecule has 0 saturated carbocycles. The Labute approximate surface area is 115 Å². The van der Waals surface area contributed by atoms with E-state index in [1.165, 1.54) is 6.07 Å². The van der Waals surface area contributed by atoms with Gasteiger partial charge >= 0.3 is 0 Å². The van der Waals surface area contributed by atoms with Crippen LogP contribution in [-0.2, 0) is 4.79 Å². The molecular weight excluding hydrogens is 270 g/mol. The maximum Gasteiger partial charge on any atom is 0.288 e. The van der Waals surface area contributed by atoms with E-state index in [-0.39, 0.29) is 0 Å². The summed E-state index contributed by atoms with van der Waals surface area (Å²) in [4.78, 5) is 12.1. The molecule has 0 radical (unpaired) electrons. The van der Waals surface area contributed by atoms with E-state index < -0.39 is 17.6 Å². The minimum Gasteiger partial charge on any atom is -0.324 e. The number of hydrogen-bond donors (Lipinski definition) is 1. The monoisotopic (exact) mass is 284 g/mol. The van der Waals surface area contributed by atoms with Crippen molar-refractivity contribution in [2.75, 3.05) is 5.32 Å². The standard InChI is InChI=1S/C13H14F2N2OS/c1-2-5-9(8-16)12(18)17-10-6-3-4-7-11(10)19-13(14)15/h3-4,6-7,9,13H,2,5H2,1H3,(H,17,18). The van der Waals surface area contributed by atoms with E-state index in [2.05, 4.69) is 5.32 Å². The Hall–Kier alpha value is -1.61. The molecular formula is C13H14F2N2OS. The molecule has 0 fully saturated rings. The van der Waals surface area contributed by atoms with Crippen LogP contribution in [0, 0.1) is 17.2 Å². The molecule has 1 rings (SSSR count). The minimum atomic E-state index is -2.56. The van der Waals surface area contributed by atoms with Gasteiger partial charge in [-0.3, -0.25) is 4.79 Å². The highest BCUT2D eigenvalue weighted by Gasteiger charge is 2.18. The zero-order valence-electron chi connectivity index (χ0n) is 10.4. The van der Waals surface area contributed by atoms with Crippen molar-refractivity contribution >= 4 is 23.4 Å². The van der Waals surface area contributed by atoms with Crippen molar-refractivity contribution < 1.29 is 13.6 Å². The van der Waals surface area contributed by atoms with Crippen LogP contribution >= 0.6 is 11.8 Å². The molecule has 0 spiro atoms. The summed E-state index contributed by atoms with van der Waals surface area (Å²) in [5.74, 6) is -3.76. The molecule has 0 aliphatic rings. The summed E-state index contributed by atoms with van der Waals surface area (Å²) < 4.78 is 24.8. The fraction of sp³-hybridized carbons (Fsp3) is 0.385. The van der Waals surface area contributed by atoms with Gasteiger partial charge in [0.15, 0.2) is 0 Å². The molecule has 0 aromatic heterocycles. The number of rotatable bonds is 6. The molecule has 0 bridgehead atoms. The summed E-state index contributed by atoms with van der Waals surface area (Å²) >= 11 is 0.369. The van der Waals surface area contributed by atoms with Gasteiger partial charge in [0.1, 0.15) is 5.92 Å². The zero-order chi connectivity index (χ0) is 14.3. The van der Waals surface area contributed by atoms with E-state index in [0.717, 1.165) is 0 Å². The maximum absolute atomic E-state index is 12.4.